The molecule has 6 heteroatoms. The van der Waals surface area contributed by atoms with Gasteiger partial charge in [-0.25, -0.2) is 0 Å². The van der Waals surface area contributed by atoms with Crippen LogP contribution in [0.15, 0.2) is 76.9 Å². The Balaban J connectivity index is 1.44. The first-order valence-corrected chi connectivity index (χ1v) is 9.80. The number of fused-ring (bicyclic) bond motifs is 1. The molecule has 5 nitrogen and oxygen atoms in total. The molecule has 1 saturated heterocycles. The Bertz CT molecular complexity index is 1060. The van der Waals surface area contributed by atoms with Crippen LogP contribution in [0.5, 0.6) is 5.75 Å². The highest BCUT2D eigenvalue weighted by molar-refractivity contribution is 8.15. The second-order valence-electron chi connectivity index (χ2n) is 6.37. The van der Waals surface area contributed by atoms with E-state index in [4.69, 9.17) is 4.74 Å². The summed E-state index contributed by atoms with van der Waals surface area (Å²) in [5, 5.41) is 13.8. The zero-order valence-corrected chi connectivity index (χ0v) is 16.1. The minimum absolute atomic E-state index is 0.0417. The Hall–Kier alpha value is -3.12. The number of rotatable bonds is 5. The summed E-state index contributed by atoms with van der Waals surface area (Å²) in [6.45, 7) is 0. The van der Waals surface area contributed by atoms with Gasteiger partial charge in [0.1, 0.15) is 5.75 Å². The molecule has 0 aromatic heterocycles. The molecule has 1 N–H and O–H groups in total. The van der Waals surface area contributed by atoms with Gasteiger partial charge in [0.2, 0.25) is 5.91 Å². The number of carbonyl (C=O) groups is 1. The number of carbonyl (C=O) groups excluding carboxylic acids is 1. The maximum absolute atomic E-state index is 12.2. The van der Waals surface area contributed by atoms with Gasteiger partial charge in [-0.1, -0.05) is 66.4 Å². The van der Waals surface area contributed by atoms with Crippen molar-refractivity contribution < 1.29 is 9.53 Å². The highest BCUT2D eigenvalue weighted by Crippen LogP contribution is 2.24. The third-order valence-electron chi connectivity index (χ3n) is 4.53. The van der Waals surface area contributed by atoms with Crippen molar-refractivity contribution in [2.24, 2.45) is 10.2 Å². The maximum Gasteiger partial charge on any atom is 0.239 e. The fourth-order valence-corrected chi connectivity index (χ4v) is 4.03. The van der Waals surface area contributed by atoms with E-state index in [1.807, 2.05) is 48.5 Å². The molecule has 1 amide bonds. The number of benzene rings is 3. The molecule has 0 aliphatic carbocycles. The van der Waals surface area contributed by atoms with E-state index in [-0.39, 0.29) is 11.2 Å². The van der Waals surface area contributed by atoms with Crippen molar-refractivity contribution in [3.8, 4) is 5.75 Å². The van der Waals surface area contributed by atoms with Gasteiger partial charge >= 0.3 is 0 Å². The average molecular weight is 389 g/mol. The third-order valence-corrected chi connectivity index (χ3v) is 5.60. The van der Waals surface area contributed by atoms with E-state index in [2.05, 4.69) is 33.7 Å². The van der Waals surface area contributed by atoms with Crippen LogP contribution in [0.25, 0.3) is 10.8 Å². The van der Waals surface area contributed by atoms with E-state index >= 15 is 0 Å². The number of methoxy groups -OCH3 is 1. The first-order chi connectivity index (χ1) is 13.7. The van der Waals surface area contributed by atoms with Crippen LogP contribution in [0.3, 0.4) is 0 Å². The summed E-state index contributed by atoms with van der Waals surface area (Å²) in [6.07, 6.45) is 2.35. The zero-order chi connectivity index (χ0) is 19.3. The Kier molecular flexibility index (Phi) is 5.39. The lowest BCUT2D eigenvalue weighted by atomic mass is 10.1. The summed E-state index contributed by atoms with van der Waals surface area (Å²) in [5.41, 5.74) is 2.07. The molecule has 1 aliphatic heterocycles. The van der Waals surface area contributed by atoms with Crippen LogP contribution in [0.4, 0.5) is 0 Å². The number of hydrogen-bond acceptors (Lipinski definition) is 5. The van der Waals surface area contributed by atoms with Crippen molar-refractivity contribution in [3.63, 3.8) is 0 Å². The van der Waals surface area contributed by atoms with Crippen molar-refractivity contribution in [2.45, 2.75) is 11.7 Å². The number of nitrogens with one attached hydrogen (secondary N) is 1. The number of hydrogen-bond donors (Lipinski definition) is 1. The van der Waals surface area contributed by atoms with Gasteiger partial charge < -0.3 is 10.1 Å². The van der Waals surface area contributed by atoms with Gasteiger partial charge in [-0.05, 0) is 34.9 Å². The fourth-order valence-electron chi connectivity index (χ4n) is 3.07. The Labute approximate surface area is 167 Å². The van der Waals surface area contributed by atoms with E-state index in [0.717, 1.165) is 27.6 Å². The van der Waals surface area contributed by atoms with E-state index in [1.54, 1.807) is 13.3 Å². The second kappa shape index (κ2) is 8.27. The highest BCUT2D eigenvalue weighted by atomic mass is 32.2. The number of thioether (sulfide) groups is 1. The molecule has 1 heterocycles. The summed E-state index contributed by atoms with van der Waals surface area (Å²) < 4.78 is 5.17. The molecular weight excluding hydrogens is 370 g/mol. The maximum atomic E-state index is 12.2. The molecule has 140 valence electrons. The van der Waals surface area contributed by atoms with Gasteiger partial charge in [0.05, 0.1) is 18.6 Å². The van der Waals surface area contributed by atoms with E-state index in [9.17, 15) is 4.79 Å². The van der Waals surface area contributed by atoms with Crippen LogP contribution in [-0.4, -0.2) is 29.6 Å². The minimum Gasteiger partial charge on any atom is -0.497 e. The number of amides is 1. The van der Waals surface area contributed by atoms with Crippen LogP contribution < -0.4 is 10.1 Å². The van der Waals surface area contributed by atoms with Gasteiger partial charge in [-0.3, -0.25) is 4.79 Å². The molecule has 0 saturated carbocycles. The standard InChI is InChI=1S/C22H19N3O2S/c1-27-18-11-9-15(10-12-18)13-20-21(26)24-22(28-20)25-23-14-17-7-4-6-16-5-2-3-8-19(16)17/h2-12,14,20H,13H2,1H3,(H,24,25,26)/b23-14-/t20-/m0/s1. The molecular formula is C22H19N3O2S. The molecule has 3 aromatic carbocycles. The topological polar surface area (TPSA) is 63.1 Å². The van der Waals surface area contributed by atoms with E-state index in [1.165, 1.54) is 11.8 Å². The van der Waals surface area contributed by atoms with Crippen LogP contribution in [0.1, 0.15) is 11.1 Å². The molecule has 4 rings (SSSR count). The van der Waals surface area contributed by atoms with Crippen LogP contribution in [0, 0.1) is 0 Å². The van der Waals surface area contributed by atoms with Crippen LogP contribution in [0.2, 0.25) is 0 Å². The molecule has 1 fully saturated rings. The number of ether oxygens (including phenoxy) is 1. The summed E-state index contributed by atoms with van der Waals surface area (Å²) in [6, 6.07) is 21.9. The zero-order valence-electron chi connectivity index (χ0n) is 15.3. The Morgan fingerprint density at radius 3 is 2.68 bits per heavy atom. The lowest BCUT2D eigenvalue weighted by Gasteiger charge is -2.06. The largest absolute Gasteiger partial charge is 0.497 e. The molecule has 1 atom stereocenters. The normalized spacial score (nSPS) is 18.1. The monoisotopic (exact) mass is 389 g/mol. The number of amidine groups is 1. The average Bonchev–Trinajstić information content (AvgIpc) is 3.08. The van der Waals surface area contributed by atoms with E-state index < -0.39 is 0 Å². The first kappa shape index (κ1) is 18.3. The minimum atomic E-state index is -0.208. The molecule has 1 aliphatic rings. The van der Waals surface area contributed by atoms with Crippen molar-refractivity contribution >= 4 is 39.8 Å². The second-order valence-corrected chi connectivity index (χ2v) is 7.56. The highest BCUT2D eigenvalue weighted by Gasteiger charge is 2.30. The predicted molar refractivity (Wildman–Crippen MR) is 115 cm³/mol. The smallest absolute Gasteiger partial charge is 0.239 e. The lowest BCUT2D eigenvalue weighted by molar-refractivity contribution is -0.118. The SMILES string of the molecule is COc1ccc(C[C@@H]2S/C(=N\N=C/c3cccc4ccccc34)NC2=O)cc1. The van der Waals surface area contributed by atoms with Crippen molar-refractivity contribution in [1.82, 2.24) is 5.32 Å². The number of nitrogens with zero attached hydrogens (tertiary/aromatic N) is 2. The van der Waals surface area contributed by atoms with Gasteiger partial charge in [0.25, 0.3) is 0 Å². The quantitative estimate of drug-likeness (QED) is 0.530. The lowest BCUT2D eigenvalue weighted by Crippen LogP contribution is -2.25. The van der Waals surface area contributed by atoms with Gasteiger partial charge in [0.15, 0.2) is 5.17 Å². The first-order valence-electron chi connectivity index (χ1n) is 8.92. The molecule has 3 aromatic rings. The van der Waals surface area contributed by atoms with Crippen molar-refractivity contribution in [2.75, 3.05) is 7.11 Å². The van der Waals surface area contributed by atoms with Crippen molar-refractivity contribution in [3.05, 3.63) is 77.9 Å². The molecule has 0 spiro atoms. The van der Waals surface area contributed by atoms with Crippen LogP contribution >= 0.6 is 11.8 Å². The predicted octanol–water partition coefficient (Wildman–Crippen LogP) is 4.01. The van der Waals surface area contributed by atoms with Gasteiger partial charge in [-0.15, -0.1) is 5.10 Å². The summed E-state index contributed by atoms with van der Waals surface area (Å²) in [5.74, 6) is 0.761. The summed E-state index contributed by atoms with van der Waals surface area (Å²) in [4.78, 5) is 12.2. The fraction of sp³-hybridized carbons (Fsp3) is 0.136. The van der Waals surface area contributed by atoms with Crippen LogP contribution in [-0.2, 0) is 11.2 Å². The summed E-state index contributed by atoms with van der Waals surface area (Å²) >= 11 is 1.41. The van der Waals surface area contributed by atoms with Gasteiger partial charge in [0, 0.05) is 5.56 Å². The van der Waals surface area contributed by atoms with Crippen molar-refractivity contribution in [1.29, 1.82) is 0 Å². The molecule has 28 heavy (non-hydrogen) atoms. The molecule has 0 bridgehead atoms. The van der Waals surface area contributed by atoms with E-state index in [0.29, 0.717) is 11.6 Å². The third kappa shape index (κ3) is 4.07. The summed E-state index contributed by atoms with van der Waals surface area (Å²) in [7, 11) is 1.64. The molecule has 0 radical (unpaired) electrons. The Morgan fingerprint density at radius 2 is 1.86 bits per heavy atom. The molecule has 0 unspecified atom stereocenters. The van der Waals surface area contributed by atoms with Gasteiger partial charge in [-0.2, -0.15) is 5.10 Å². The Morgan fingerprint density at radius 1 is 1.07 bits per heavy atom.